The molecule has 3 heteroatoms. The second-order valence-corrected chi connectivity index (χ2v) is 6.48. The Hall–Kier alpha value is -0.590. The summed E-state index contributed by atoms with van der Waals surface area (Å²) in [5.74, 6) is 1.05. The first-order valence-electron chi connectivity index (χ1n) is 7.93. The van der Waals surface area contributed by atoms with Crippen molar-refractivity contribution >= 4 is 0 Å². The predicted molar refractivity (Wildman–Crippen MR) is 76.7 cm³/mol. The zero-order valence-corrected chi connectivity index (χ0v) is 12.6. The van der Waals surface area contributed by atoms with Crippen molar-refractivity contribution in [1.29, 1.82) is 5.26 Å². The van der Waals surface area contributed by atoms with E-state index in [0.29, 0.717) is 18.2 Å². The van der Waals surface area contributed by atoms with Gasteiger partial charge < -0.3 is 4.74 Å². The monoisotopic (exact) mass is 264 g/mol. The second kappa shape index (κ2) is 6.72. The maximum atomic E-state index is 9.43. The van der Waals surface area contributed by atoms with Crippen LogP contribution in [0.2, 0.25) is 0 Å². The SMILES string of the molecule is CCCC1CCC(C#N)C(N2C[C@@H](C)O[C@@H](C)C2)C1. The fraction of sp³-hybridized carbons (Fsp3) is 0.938. The minimum atomic E-state index is 0.227. The number of morpholine rings is 1. The molecule has 0 aromatic heterocycles. The molecule has 0 aromatic rings. The van der Waals surface area contributed by atoms with E-state index in [1.54, 1.807) is 0 Å². The van der Waals surface area contributed by atoms with Crippen LogP contribution in [0.4, 0.5) is 0 Å². The normalized spacial score (nSPS) is 40.8. The highest BCUT2D eigenvalue weighted by molar-refractivity contribution is 4.98. The fourth-order valence-electron chi connectivity index (χ4n) is 3.94. The summed E-state index contributed by atoms with van der Waals surface area (Å²) in [6.45, 7) is 8.55. The molecule has 1 saturated heterocycles. The van der Waals surface area contributed by atoms with Crippen LogP contribution in [0.15, 0.2) is 0 Å². The van der Waals surface area contributed by atoms with Crippen molar-refractivity contribution in [3.63, 3.8) is 0 Å². The van der Waals surface area contributed by atoms with E-state index < -0.39 is 0 Å². The largest absolute Gasteiger partial charge is 0.373 e. The van der Waals surface area contributed by atoms with Crippen molar-refractivity contribution in [3.8, 4) is 6.07 Å². The summed E-state index contributed by atoms with van der Waals surface area (Å²) in [5, 5.41) is 9.43. The Morgan fingerprint density at radius 1 is 1.21 bits per heavy atom. The third-order valence-electron chi connectivity index (χ3n) is 4.70. The van der Waals surface area contributed by atoms with Gasteiger partial charge in [-0.3, -0.25) is 4.90 Å². The molecule has 0 spiro atoms. The third-order valence-corrected chi connectivity index (χ3v) is 4.70. The van der Waals surface area contributed by atoms with Gasteiger partial charge in [-0.05, 0) is 39.0 Å². The second-order valence-electron chi connectivity index (χ2n) is 6.48. The van der Waals surface area contributed by atoms with E-state index in [4.69, 9.17) is 4.74 Å². The Labute approximate surface area is 117 Å². The highest BCUT2D eigenvalue weighted by Gasteiger charge is 2.37. The molecule has 2 fully saturated rings. The number of nitrogens with zero attached hydrogens (tertiary/aromatic N) is 2. The van der Waals surface area contributed by atoms with Gasteiger partial charge in [-0.15, -0.1) is 0 Å². The molecule has 2 aliphatic rings. The molecule has 5 atom stereocenters. The number of hydrogen-bond donors (Lipinski definition) is 0. The lowest BCUT2D eigenvalue weighted by atomic mass is 9.76. The van der Waals surface area contributed by atoms with Crippen LogP contribution in [-0.2, 0) is 4.74 Å². The minimum absolute atomic E-state index is 0.227. The topological polar surface area (TPSA) is 36.3 Å². The minimum Gasteiger partial charge on any atom is -0.373 e. The quantitative estimate of drug-likeness (QED) is 0.785. The van der Waals surface area contributed by atoms with Gasteiger partial charge in [0.25, 0.3) is 0 Å². The summed E-state index contributed by atoms with van der Waals surface area (Å²) in [6.07, 6.45) is 6.74. The van der Waals surface area contributed by atoms with Crippen LogP contribution in [0.3, 0.4) is 0 Å². The maximum absolute atomic E-state index is 9.43. The molecule has 19 heavy (non-hydrogen) atoms. The van der Waals surface area contributed by atoms with Gasteiger partial charge in [-0.1, -0.05) is 19.8 Å². The molecule has 1 saturated carbocycles. The smallest absolute Gasteiger partial charge is 0.0678 e. The summed E-state index contributed by atoms with van der Waals surface area (Å²) in [7, 11) is 0. The summed E-state index contributed by atoms with van der Waals surface area (Å²) in [6, 6.07) is 3.02. The first-order chi connectivity index (χ1) is 9.13. The summed E-state index contributed by atoms with van der Waals surface area (Å²) < 4.78 is 5.83. The molecular weight excluding hydrogens is 236 g/mol. The molecule has 108 valence electrons. The summed E-state index contributed by atoms with van der Waals surface area (Å²) in [4.78, 5) is 2.54. The first-order valence-corrected chi connectivity index (χ1v) is 7.93. The number of rotatable bonds is 3. The van der Waals surface area contributed by atoms with E-state index in [1.807, 2.05) is 0 Å². The van der Waals surface area contributed by atoms with Gasteiger partial charge in [0, 0.05) is 19.1 Å². The van der Waals surface area contributed by atoms with E-state index in [1.165, 1.54) is 25.7 Å². The van der Waals surface area contributed by atoms with Crippen LogP contribution in [-0.4, -0.2) is 36.2 Å². The van der Waals surface area contributed by atoms with E-state index >= 15 is 0 Å². The Morgan fingerprint density at radius 3 is 2.47 bits per heavy atom. The highest BCUT2D eigenvalue weighted by Crippen LogP contribution is 2.35. The van der Waals surface area contributed by atoms with Crippen molar-refractivity contribution in [2.75, 3.05) is 13.1 Å². The highest BCUT2D eigenvalue weighted by atomic mass is 16.5. The lowest BCUT2D eigenvalue weighted by molar-refractivity contribution is -0.0910. The fourth-order valence-corrected chi connectivity index (χ4v) is 3.94. The van der Waals surface area contributed by atoms with Crippen molar-refractivity contribution in [1.82, 2.24) is 4.90 Å². The number of ether oxygens (including phenoxy) is 1. The summed E-state index contributed by atoms with van der Waals surface area (Å²) in [5.41, 5.74) is 0. The average Bonchev–Trinajstić information content (AvgIpc) is 2.38. The van der Waals surface area contributed by atoms with Crippen LogP contribution in [0.25, 0.3) is 0 Å². The molecule has 3 unspecified atom stereocenters. The van der Waals surface area contributed by atoms with Gasteiger partial charge >= 0.3 is 0 Å². The third kappa shape index (κ3) is 3.70. The van der Waals surface area contributed by atoms with Crippen molar-refractivity contribution in [2.24, 2.45) is 11.8 Å². The Kier molecular flexibility index (Phi) is 5.24. The molecule has 3 nitrogen and oxygen atoms in total. The van der Waals surface area contributed by atoms with Crippen molar-refractivity contribution < 1.29 is 4.74 Å². The van der Waals surface area contributed by atoms with Gasteiger partial charge in [-0.2, -0.15) is 5.26 Å². The molecule has 1 heterocycles. The van der Waals surface area contributed by atoms with Crippen LogP contribution in [0, 0.1) is 23.2 Å². The van der Waals surface area contributed by atoms with E-state index in [2.05, 4.69) is 31.7 Å². The van der Waals surface area contributed by atoms with Crippen LogP contribution >= 0.6 is 0 Å². The zero-order valence-electron chi connectivity index (χ0n) is 12.6. The van der Waals surface area contributed by atoms with Crippen LogP contribution < -0.4 is 0 Å². The van der Waals surface area contributed by atoms with E-state index in [9.17, 15) is 5.26 Å². The average molecular weight is 264 g/mol. The van der Waals surface area contributed by atoms with Crippen molar-refractivity contribution in [2.45, 2.75) is 71.1 Å². The predicted octanol–water partition coefficient (Wildman–Crippen LogP) is 3.20. The molecule has 0 N–H and O–H groups in total. The van der Waals surface area contributed by atoms with Gasteiger partial charge in [0.1, 0.15) is 0 Å². The molecule has 0 radical (unpaired) electrons. The van der Waals surface area contributed by atoms with Crippen LogP contribution in [0.5, 0.6) is 0 Å². The van der Waals surface area contributed by atoms with Gasteiger partial charge in [-0.25, -0.2) is 0 Å². The Bertz CT molecular complexity index is 315. The van der Waals surface area contributed by atoms with Gasteiger partial charge in [0.2, 0.25) is 0 Å². The summed E-state index contributed by atoms with van der Waals surface area (Å²) >= 11 is 0. The molecule has 1 aliphatic carbocycles. The molecule has 1 aliphatic heterocycles. The molecule has 0 aromatic carbocycles. The molecule has 0 bridgehead atoms. The number of nitriles is 1. The standard InChI is InChI=1S/C16H28N2O/c1-4-5-14-6-7-15(9-17)16(8-14)18-10-12(2)19-13(3)11-18/h12-16H,4-8,10-11H2,1-3H3/t12-,13+,14?,15?,16?. The number of hydrogen-bond acceptors (Lipinski definition) is 3. The lowest BCUT2D eigenvalue weighted by Crippen LogP contribution is -2.53. The maximum Gasteiger partial charge on any atom is 0.0678 e. The molecule has 0 amide bonds. The Balaban J connectivity index is 2.03. The van der Waals surface area contributed by atoms with E-state index in [-0.39, 0.29) is 5.92 Å². The van der Waals surface area contributed by atoms with E-state index in [0.717, 1.165) is 25.4 Å². The molecular formula is C16H28N2O. The molecule has 2 rings (SSSR count). The van der Waals surface area contributed by atoms with Crippen molar-refractivity contribution in [3.05, 3.63) is 0 Å². The van der Waals surface area contributed by atoms with Gasteiger partial charge in [0.05, 0.1) is 24.2 Å². The van der Waals surface area contributed by atoms with Gasteiger partial charge in [0.15, 0.2) is 0 Å². The lowest BCUT2D eigenvalue weighted by Gasteiger charge is -2.45. The van der Waals surface area contributed by atoms with Crippen LogP contribution in [0.1, 0.15) is 52.9 Å². The Morgan fingerprint density at radius 2 is 1.89 bits per heavy atom. The zero-order chi connectivity index (χ0) is 13.8. The first kappa shape index (κ1) is 14.8.